The fraction of sp³-hybridized carbons (Fsp3) is 0.941. The lowest BCUT2D eigenvalue weighted by Gasteiger charge is -2.38. The summed E-state index contributed by atoms with van der Waals surface area (Å²) >= 11 is 0. The Labute approximate surface area is 134 Å². The maximum Gasteiger partial charge on any atom is 0.410 e. The van der Waals surface area contributed by atoms with Crippen LogP contribution in [-0.4, -0.2) is 65.4 Å². The van der Waals surface area contributed by atoms with Crippen molar-refractivity contribution in [1.29, 1.82) is 0 Å². The van der Waals surface area contributed by atoms with Gasteiger partial charge in [0, 0.05) is 25.6 Å². The molecule has 0 spiro atoms. The number of carbonyl (C=O) groups excluding carboxylic acids is 1. The van der Waals surface area contributed by atoms with Crippen molar-refractivity contribution in [2.75, 3.05) is 32.7 Å². The molecule has 2 aliphatic heterocycles. The van der Waals surface area contributed by atoms with Crippen LogP contribution in [0, 0.1) is 5.92 Å². The highest BCUT2D eigenvalue weighted by atomic mass is 16.6. The summed E-state index contributed by atoms with van der Waals surface area (Å²) in [5.41, 5.74) is -0.462. The fourth-order valence-corrected chi connectivity index (χ4v) is 3.37. The zero-order chi connectivity index (χ0) is 16.2. The lowest BCUT2D eigenvalue weighted by Crippen LogP contribution is -2.48. The molecule has 0 saturated carbocycles. The van der Waals surface area contributed by atoms with Crippen LogP contribution in [0.5, 0.6) is 0 Å². The van der Waals surface area contributed by atoms with Gasteiger partial charge in [0.1, 0.15) is 5.60 Å². The van der Waals surface area contributed by atoms with E-state index in [1.54, 1.807) is 4.90 Å². The Hall–Kier alpha value is -0.810. The van der Waals surface area contributed by atoms with Gasteiger partial charge in [-0.05, 0) is 59.5 Å². The van der Waals surface area contributed by atoms with Gasteiger partial charge >= 0.3 is 6.09 Å². The van der Waals surface area contributed by atoms with E-state index in [0.29, 0.717) is 6.54 Å². The number of likely N-dealkylation sites (tertiary alicyclic amines) is 2. The van der Waals surface area contributed by atoms with Gasteiger partial charge in [-0.3, -0.25) is 0 Å². The number of ether oxygens (including phenoxy) is 1. The van der Waals surface area contributed by atoms with Gasteiger partial charge in [0.25, 0.3) is 0 Å². The number of carbonyl (C=O) groups is 1. The number of hydrogen-bond donors (Lipinski definition) is 1. The highest BCUT2D eigenvalue weighted by Gasteiger charge is 2.31. The molecule has 5 heteroatoms. The molecule has 2 saturated heterocycles. The number of hydrogen-bond acceptors (Lipinski definition) is 4. The number of rotatable bonds is 3. The number of nitrogens with zero attached hydrogens (tertiary/aromatic N) is 2. The van der Waals surface area contributed by atoms with Gasteiger partial charge in [-0.2, -0.15) is 0 Å². The molecule has 0 aromatic carbocycles. The van der Waals surface area contributed by atoms with Crippen LogP contribution in [0.2, 0.25) is 0 Å². The maximum atomic E-state index is 12.2. The van der Waals surface area contributed by atoms with Crippen LogP contribution in [0.25, 0.3) is 0 Å². The van der Waals surface area contributed by atoms with E-state index < -0.39 is 5.60 Å². The monoisotopic (exact) mass is 312 g/mol. The standard InChI is InChI=1S/C17H32N2O3/c1-17(2,3)22-16(21)19-11-7-8-14(12-19)15(20)13-18-9-5-4-6-10-18/h14-15,20H,4-13H2,1-3H3. The molecule has 128 valence electrons. The van der Waals surface area contributed by atoms with E-state index in [4.69, 9.17) is 4.74 Å². The Morgan fingerprint density at radius 2 is 1.86 bits per heavy atom. The summed E-state index contributed by atoms with van der Waals surface area (Å²) in [6.07, 6.45) is 5.13. The van der Waals surface area contributed by atoms with Crippen LogP contribution in [0.1, 0.15) is 52.9 Å². The summed E-state index contributed by atoms with van der Waals surface area (Å²) in [5.74, 6) is 0.170. The van der Waals surface area contributed by atoms with Gasteiger partial charge in [0.15, 0.2) is 0 Å². The summed E-state index contributed by atoms with van der Waals surface area (Å²) in [6, 6.07) is 0. The van der Waals surface area contributed by atoms with E-state index in [9.17, 15) is 9.90 Å². The van der Waals surface area contributed by atoms with Crippen LogP contribution in [-0.2, 0) is 4.74 Å². The summed E-state index contributed by atoms with van der Waals surface area (Å²) in [7, 11) is 0. The molecule has 1 N–H and O–H groups in total. The molecule has 0 aromatic rings. The van der Waals surface area contributed by atoms with E-state index in [2.05, 4.69) is 4.90 Å². The first kappa shape index (κ1) is 17.5. The molecule has 0 aromatic heterocycles. The van der Waals surface area contributed by atoms with Crippen molar-refractivity contribution < 1.29 is 14.6 Å². The zero-order valence-corrected chi connectivity index (χ0v) is 14.4. The molecule has 0 aliphatic carbocycles. The first-order valence-electron chi connectivity index (χ1n) is 8.73. The third-order valence-electron chi connectivity index (χ3n) is 4.55. The van der Waals surface area contributed by atoms with Crippen LogP contribution in [0.15, 0.2) is 0 Å². The third-order valence-corrected chi connectivity index (χ3v) is 4.55. The van der Waals surface area contributed by atoms with Crippen molar-refractivity contribution in [3.8, 4) is 0 Å². The smallest absolute Gasteiger partial charge is 0.410 e. The Morgan fingerprint density at radius 1 is 1.18 bits per heavy atom. The van der Waals surface area contributed by atoms with Crippen molar-refractivity contribution in [2.45, 2.75) is 64.6 Å². The first-order valence-corrected chi connectivity index (χ1v) is 8.73. The van der Waals surface area contributed by atoms with Gasteiger partial charge in [-0.25, -0.2) is 4.79 Å². The number of aliphatic hydroxyl groups excluding tert-OH is 1. The van der Waals surface area contributed by atoms with Gasteiger partial charge in [0.05, 0.1) is 6.10 Å². The molecule has 2 rings (SSSR count). The summed E-state index contributed by atoms with van der Waals surface area (Å²) in [4.78, 5) is 16.3. The van der Waals surface area contributed by atoms with Gasteiger partial charge in [-0.1, -0.05) is 6.42 Å². The first-order chi connectivity index (χ1) is 10.3. The predicted molar refractivity (Wildman–Crippen MR) is 86.8 cm³/mol. The minimum Gasteiger partial charge on any atom is -0.444 e. The van der Waals surface area contributed by atoms with Crippen LogP contribution in [0.4, 0.5) is 4.79 Å². The topological polar surface area (TPSA) is 53.0 Å². The number of β-amino-alcohol motifs (C(OH)–C–C–N with tert-alkyl or cyclic N) is 1. The highest BCUT2D eigenvalue weighted by molar-refractivity contribution is 5.68. The Morgan fingerprint density at radius 3 is 2.50 bits per heavy atom. The molecule has 0 bridgehead atoms. The van der Waals surface area contributed by atoms with Crippen molar-refractivity contribution in [3.05, 3.63) is 0 Å². The van der Waals surface area contributed by atoms with Gasteiger partial charge in [0.2, 0.25) is 0 Å². The molecule has 2 heterocycles. The Kier molecular flexibility index (Phi) is 6.09. The van der Waals surface area contributed by atoms with Crippen LogP contribution < -0.4 is 0 Å². The molecule has 5 nitrogen and oxygen atoms in total. The second kappa shape index (κ2) is 7.64. The molecular formula is C17H32N2O3. The molecule has 2 aliphatic rings. The van der Waals surface area contributed by atoms with Gasteiger partial charge in [-0.15, -0.1) is 0 Å². The molecule has 22 heavy (non-hydrogen) atoms. The Balaban J connectivity index is 1.82. The normalized spacial score (nSPS) is 25.8. The lowest BCUT2D eigenvalue weighted by molar-refractivity contribution is -0.00503. The molecule has 2 atom stereocenters. The summed E-state index contributed by atoms with van der Waals surface area (Å²) in [5, 5.41) is 10.5. The maximum absolute atomic E-state index is 12.2. The second-order valence-electron chi connectivity index (χ2n) is 7.76. The van der Waals surface area contributed by atoms with Crippen molar-refractivity contribution in [3.63, 3.8) is 0 Å². The quantitative estimate of drug-likeness (QED) is 0.870. The average molecular weight is 312 g/mol. The van der Waals surface area contributed by atoms with E-state index in [-0.39, 0.29) is 18.1 Å². The van der Waals surface area contributed by atoms with Crippen LogP contribution >= 0.6 is 0 Å². The van der Waals surface area contributed by atoms with E-state index >= 15 is 0 Å². The summed E-state index contributed by atoms with van der Waals surface area (Å²) in [6.45, 7) is 9.95. The lowest BCUT2D eigenvalue weighted by atomic mass is 9.92. The SMILES string of the molecule is CC(C)(C)OC(=O)N1CCCC(C(O)CN2CCCCC2)C1. The Bertz CT molecular complexity index is 361. The zero-order valence-electron chi connectivity index (χ0n) is 14.4. The van der Waals surface area contributed by atoms with E-state index in [0.717, 1.165) is 39.0 Å². The van der Waals surface area contributed by atoms with E-state index in [1.165, 1.54) is 19.3 Å². The minimum absolute atomic E-state index is 0.170. The number of piperidine rings is 2. The molecular weight excluding hydrogens is 280 g/mol. The fourth-order valence-electron chi connectivity index (χ4n) is 3.37. The average Bonchev–Trinajstić information content (AvgIpc) is 2.46. The largest absolute Gasteiger partial charge is 0.444 e. The predicted octanol–water partition coefficient (Wildman–Crippen LogP) is 2.48. The molecule has 2 fully saturated rings. The summed E-state index contributed by atoms with van der Waals surface area (Å²) < 4.78 is 5.45. The third kappa shape index (κ3) is 5.43. The minimum atomic E-state index is -0.462. The van der Waals surface area contributed by atoms with Gasteiger partial charge < -0.3 is 19.6 Å². The second-order valence-corrected chi connectivity index (χ2v) is 7.76. The molecule has 1 amide bonds. The van der Waals surface area contributed by atoms with Crippen molar-refractivity contribution >= 4 is 6.09 Å². The highest BCUT2D eigenvalue weighted by Crippen LogP contribution is 2.23. The number of amides is 1. The number of aliphatic hydroxyl groups is 1. The van der Waals surface area contributed by atoms with Crippen molar-refractivity contribution in [1.82, 2.24) is 9.80 Å². The van der Waals surface area contributed by atoms with Crippen LogP contribution in [0.3, 0.4) is 0 Å². The van der Waals surface area contributed by atoms with E-state index in [1.807, 2.05) is 20.8 Å². The van der Waals surface area contributed by atoms with Crippen molar-refractivity contribution in [2.24, 2.45) is 5.92 Å². The molecule has 0 radical (unpaired) electrons. The molecule has 2 unspecified atom stereocenters.